The molecule has 10 heteroatoms. The number of alkyl halides is 6. The van der Waals surface area contributed by atoms with E-state index in [1.54, 1.807) is 0 Å². The van der Waals surface area contributed by atoms with Crippen molar-refractivity contribution in [1.82, 2.24) is 13.9 Å². The molecule has 2 saturated heterocycles. The largest absolute Gasteiger partial charge is 0.402 e. The Bertz CT molecular complexity index is 940. The fraction of sp³-hybridized carbons (Fsp3) is 0.680. The highest BCUT2D eigenvalue weighted by Crippen LogP contribution is 2.51. The van der Waals surface area contributed by atoms with Gasteiger partial charge in [-0.3, -0.25) is 4.90 Å². The normalized spacial score (nSPS) is 30.9. The first-order valence-electron chi connectivity index (χ1n) is 12.3. The summed E-state index contributed by atoms with van der Waals surface area (Å²) in [7, 11) is 0. The van der Waals surface area contributed by atoms with Crippen LogP contribution in [-0.2, 0) is 12.8 Å². The maximum Gasteiger partial charge on any atom is 0.402 e. The van der Waals surface area contributed by atoms with Crippen LogP contribution >= 0.6 is 12.1 Å². The zero-order chi connectivity index (χ0) is 24.8. The highest BCUT2D eigenvalue weighted by atomic mass is 32.2. The van der Waals surface area contributed by atoms with Crippen LogP contribution in [0.5, 0.6) is 0 Å². The number of fused-ring (bicyclic) bond motifs is 1. The summed E-state index contributed by atoms with van der Waals surface area (Å²) in [5, 5.41) is 0. The molecule has 2 aliphatic carbocycles. The minimum atomic E-state index is -4.21. The lowest BCUT2D eigenvalue weighted by Gasteiger charge is -2.34. The summed E-state index contributed by atoms with van der Waals surface area (Å²) in [5.41, 5.74) is 3.33. The first-order valence-corrected chi connectivity index (χ1v) is 13.1. The fourth-order valence-electron chi connectivity index (χ4n) is 6.49. The van der Waals surface area contributed by atoms with Crippen molar-refractivity contribution < 1.29 is 26.3 Å². The van der Waals surface area contributed by atoms with E-state index in [0.717, 1.165) is 43.4 Å². The van der Waals surface area contributed by atoms with Crippen LogP contribution in [0.1, 0.15) is 42.4 Å². The number of halogens is 6. The van der Waals surface area contributed by atoms with Gasteiger partial charge in [0.25, 0.3) is 0 Å². The molecule has 5 rings (SSSR count). The van der Waals surface area contributed by atoms with Gasteiger partial charge in [0.1, 0.15) is 6.54 Å². The van der Waals surface area contributed by atoms with Crippen LogP contribution < -0.4 is 4.72 Å². The molecule has 3 fully saturated rings. The number of benzene rings is 1. The average molecular weight is 520 g/mol. The van der Waals surface area contributed by atoms with Gasteiger partial charge < -0.3 is 0 Å². The van der Waals surface area contributed by atoms with E-state index in [2.05, 4.69) is 27.8 Å². The minimum Gasteiger partial charge on any atom is -0.300 e. The van der Waals surface area contributed by atoms with Crippen LogP contribution in [-0.4, -0.2) is 59.8 Å². The Labute approximate surface area is 206 Å². The molecule has 1 aromatic carbocycles. The first kappa shape index (κ1) is 25.4. The number of hydrogen-bond acceptors (Lipinski definition) is 4. The molecule has 1 spiro atoms. The van der Waals surface area contributed by atoms with Crippen molar-refractivity contribution in [3.05, 3.63) is 41.0 Å². The average Bonchev–Trinajstić information content (AvgIpc) is 3.27. The van der Waals surface area contributed by atoms with E-state index >= 15 is 0 Å². The molecular weight excluding hydrogens is 488 g/mol. The van der Waals surface area contributed by atoms with E-state index in [1.165, 1.54) is 15.4 Å². The second-order valence-corrected chi connectivity index (χ2v) is 11.5. The molecule has 3 nitrogen and oxygen atoms in total. The Hall–Kier alpha value is -1.23. The smallest absolute Gasteiger partial charge is 0.300 e. The van der Waals surface area contributed by atoms with Gasteiger partial charge in [-0.05, 0) is 80.1 Å². The van der Waals surface area contributed by atoms with Crippen LogP contribution in [0.3, 0.4) is 0 Å². The molecule has 0 aromatic heterocycles. The fourth-order valence-corrected chi connectivity index (χ4v) is 7.67. The molecule has 3 atom stereocenters. The Morgan fingerprint density at radius 1 is 0.971 bits per heavy atom. The van der Waals surface area contributed by atoms with Crippen molar-refractivity contribution in [1.29, 1.82) is 0 Å². The maximum atomic E-state index is 13.0. The van der Waals surface area contributed by atoms with Gasteiger partial charge >= 0.3 is 12.4 Å². The quantitative estimate of drug-likeness (QED) is 0.396. The molecule has 35 heavy (non-hydrogen) atoms. The van der Waals surface area contributed by atoms with E-state index in [9.17, 15) is 26.3 Å². The predicted octanol–water partition coefficient (Wildman–Crippen LogP) is 5.87. The van der Waals surface area contributed by atoms with Crippen LogP contribution in [0.15, 0.2) is 24.3 Å². The first-order chi connectivity index (χ1) is 16.5. The van der Waals surface area contributed by atoms with Gasteiger partial charge in [-0.15, -0.1) is 0 Å². The Kier molecular flexibility index (Phi) is 6.96. The summed E-state index contributed by atoms with van der Waals surface area (Å²) in [5.74, 6) is -0.562. The number of hydrogen-bond donors (Lipinski definition) is 1. The maximum absolute atomic E-state index is 13.0. The Balaban J connectivity index is 1.21. The number of rotatable bonds is 4. The lowest BCUT2D eigenvalue weighted by molar-refractivity contribution is -0.184. The highest BCUT2D eigenvalue weighted by molar-refractivity contribution is 7.95. The molecule has 0 amide bonds. The molecule has 2 aliphatic heterocycles. The molecule has 1 unspecified atom stereocenters. The van der Waals surface area contributed by atoms with E-state index in [1.807, 2.05) is 12.2 Å². The van der Waals surface area contributed by atoms with Crippen LogP contribution in [0.4, 0.5) is 26.3 Å². The molecule has 0 radical (unpaired) electrons. The molecule has 1 N–H and O–H groups in total. The zero-order valence-corrected chi connectivity index (χ0v) is 20.3. The van der Waals surface area contributed by atoms with Gasteiger partial charge in [0.15, 0.2) is 0 Å². The summed E-state index contributed by atoms with van der Waals surface area (Å²) >= 11 is 1.12. The van der Waals surface area contributed by atoms with Gasteiger partial charge in [-0.2, -0.15) is 26.3 Å². The lowest BCUT2D eigenvalue weighted by Crippen LogP contribution is -2.51. The monoisotopic (exact) mass is 519 g/mol. The molecular formula is C25H31F6N3S. The van der Waals surface area contributed by atoms with Crippen LogP contribution in [0.25, 0.3) is 6.08 Å². The summed E-state index contributed by atoms with van der Waals surface area (Å²) in [6, 6.07) is 6.41. The van der Waals surface area contributed by atoms with E-state index < -0.39 is 24.8 Å². The number of nitrogens with one attached hydrogen (secondary N) is 1. The molecule has 4 aliphatic rings. The van der Waals surface area contributed by atoms with Gasteiger partial charge in [-0.1, -0.05) is 30.4 Å². The summed E-state index contributed by atoms with van der Waals surface area (Å²) < 4.78 is 82.3. The summed E-state index contributed by atoms with van der Waals surface area (Å²) in [6.45, 7) is 1.06. The molecule has 1 saturated carbocycles. The second-order valence-electron chi connectivity index (χ2n) is 10.6. The van der Waals surface area contributed by atoms with Crippen molar-refractivity contribution in [2.45, 2.75) is 56.4 Å². The molecule has 194 valence electrons. The highest BCUT2D eigenvalue weighted by Gasteiger charge is 2.56. The number of likely N-dealkylation sites (tertiary alicyclic amines) is 1. The van der Waals surface area contributed by atoms with Crippen molar-refractivity contribution in [2.75, 3.05) is 32.7 Å². The van der Waals surface area contributed by atoms with Crippen LogP contribution in [0.2, 0.25) is 0 Å². The SMILES string of the molecule is FC(F)(F)CN1C[C@]2(NS1)C1CC[C@H]2Cc2ccc(/C=C/CN3CCC(C(F)(F)F)CC3)cc2C1. The van der Waals surface area contributed by atoms with Gasteiger partial charge in [0, 0.05) is 30.8 Å². The standard InChI is InChI=1S/C25H31F6N3S/c26-24(27,28)16-34-15-23(32-35-34)21-5-6-22(23)14-19-12-17(3-4-18(19)13-21)2-1-9-33-10-7-20(8-11-33)25(29,30)31/h1-4,12,20-22,32H,5-11,13-16H2/b2-1+/t21-,22?,23+/m0/s1. The van der Waals surface area contributed by atoms with Crippen LogP contribution in [0, 0.1) is 17.8 Å². The lowest BCUT2D eigenvalue weighted by atomic mass is 9.79. The predicted molar refractivity (Wildman–Crippen MR) is 125 cm³/mol. The summed E-state index contributed by atoms with van der Waals surface area (Å²) in [4.78, 5) is 2.06. The topological polar surface area (TPSA) is 18.5 Å². The zero-order valence-electron chi connectivity index (χ0n) is 19.5. The van der Waals surface area contributed by atoms with E-state index in [0.29, 0.717) is 38.0 Å². The molecule has 1 aromatic rings. The van der Waals surface area contributed by atoms with Gasteiger partial charge in [0.05, 0.1) is 5.92 Å². The van der Waals surface area contributed by atoms with E-state index in [4.69, 9.17) is 0 Å². The Morgan fingerprint density at radius 3 is 2.31 bits per heavy atom. The Morgan fingerprint density at radius 2 is 1.66 bits per heavy atom. The van der Waals surface area contributed by atoms with Gasteiger partial charge in [0.2, 0.25) is 0 Å². The third-order valence-electron chi connectivity index (χ3n) is 8.37. The summed E-state index contributed by atoms with van der Waals surface area (Å²) in [6.07, 6.45) is -0.152. The second kappa shape index (κ2) is 9.58. The number of piperidine rings is 1. The van der Waals surface area contributed by atoms with Crippen molar-refractivity contribution in [3.63, 3.8) is 0 Å². The molecule has 2 bridgehead atoms. The third-order valence-corrected chi connectivity index (χ3v) is 9.35. The van der Waals surface area contributed by atoms with Crippen molar-refractivity contribution >= 4 is 18.2 Å². The minimum absolute atomic E-state index is 0.160. The van der Waals surface area contributed by atoms with Crippen molar-refractivity contribution in [3.8, 4) is 0 Å². The van der Waals surface area contributed by atoms with Crippen molar-refractivity contribution in [2.24, 2.45) is 17.8 Å². The van der Waals surface area contributed by atoms with Gasteiger partial charge in [-0.25, -0.2) is 9.03 Å². The third kappa shape index (κ3) is 5.55. The van der Waals surface area contributed by atoms with E-state index in [-0.39, 0.29) is 18.4 Å². The number of nitrogens with zero attached hydrogens (tertiary/aromatic N) is 2. The molecule has 2 heterocycles.